The number of aromatic nitrogens is 2. The maximum atomic E-state index is 12.1. The lowest BCUT2D eigenvalue weighted by molar-refractivity contribution is 0.0939. The van der Waals surface area contributed by atoms with Crippen LogP contribution in [0.3, 0.4) is 0 Å². The maximum Gasteiger partial charge on any atom is 0.273 e. The number of hydrogen-bond donors (Lipinski definition) is 3. The molecule has 1 aliphatic rings. The molecular formula is C14H24N4O. The van der Waals surface area contributed by atoms with E-state index in [1.165, 1.54) is 19.3 Å². The van der Waals surface area contributed by atoms with E-state index >= 15 is 0 Å². The van der Waals surface area contributed by atoms with E-state index < -0.39 is 0 Å². The molecular weight excluding hydrogens is 240 g/mol. The summed E-state index contributed by atoms with van der Waals surface area (Å²) >= 11 is 0. The second-order valence-corrected chi connectivity index (χ2v) is 5.99. The van der Waals surface area contributed by atoms with Crippen LogP contribution in [0.4, 0.5) is 5.69 Å². The number of carbonyl (C=O) groups excluding carboxylic acids is 1. The van der Waals surface area contributed by atoms with Crippen LogP contribution < -0.4 is 11.1 Å². The van der Waals surface area contributed by atoms with Gasteiger partial charge in [0.15, 0.2) is 5.69 Å². The molecule has 1 amide bonds. The van der Waals surface area contributed by atoms with Crippen LogP contribution in [0.15, 0.2) is 0 Å². The summed E-state index contributed by atoms with van der Waals surface area (Å²) in [6.45, 7) is 6.96. The Labute approximate surface area is 114 Å². The van der Waals surface area contributed by atoms with Crippen molar-refractivity contribution >= 4 is 11.6 Å². The van der Waals surface area contributed by atoms with Gasteiger partial charge in [-0.15, -0.1) is 0 Å². The molecule has 0 aromatic carbocycles. The number of H-pyrrole nitrogens is 1. The van der Waals surface area contributed by atoms with Crippen LogP contribution in [0.5, 0.6) is 0 Å². The zero-order valence-electron chi connectivity index (χ0n) is 12.0. The molecule has 1 aromatic rings. The Morgan fingerprint density at radius 2 is 2.21 bits per heavy atom. The second-order valence-electron chi connectivity index (χ2n) is 5.99. The number of anilines is 1. The molecule has 5 heteroatoms. The van der Waals surface area contributed by atoms with Gasteiger partial charge in [0.25, 0.3) is 5.91 Å². The van der Waals surface area contributed by atoms with E-state index in [4.69, 9.17) is 5.73 Å². The molecule has 0 unspecified atom stereocenters. The molecule has 1 aromatic heterocycles. The lowest BCUT2D eigenvalue weighted by Gasteiger charge is -2.14. The minimum atomic E-state index is -0.164. The highest BCUT2D eigenvalue weighted by Gasteiger charge is 2.41. The first-order valence-corrected chi connectivity index (χ1v) is 7.11. The Kier molecular flexibility index (Phi) is 3.83. The molecule has 1 aliphatic carbocycles. The van der Waals surface area contributed by atoms with E-state index in [1.807, 2.05) is 13.8 Å². The van der Waals surface area contributed by atoms with Gasteiger partial charge in [-0.3, -0.25) is 9.89 Å². The normalized spacial score (nSPS) is 16.6. The standard InChI is InChI=1S/C14H24N4O/c1-4-5-14(6-7-14)8-16-13(19)12-10(15)11(9(2)3)17-18-12/h9H,4-8,15H2,1-3H3,(H,16,19)(H,17,18). The van der Waals surface area contributed by atoms with Gasteiger partial charge in [-0.1, -0.05) is 27.2 Å². The smallest absolute Gasteiger partial charge is 0.273 e. The van der Waals surface area contributed by atoms with Crippen molar-refractivity contribution in [1.29, 1.82) is 0 Å². The first kappa shape index (κ1) is 13.9. The lowest BCUT2D eigenvalue weighted by atomic mass is 10.0. The van der Waals surface area contributed by atoms with E-state index in [9.17, 15) is 4.79 Å². The highest BCUT2D eigenvalue weighted by molar-refractivity contribution is 5.97. The van der Waals surface area contributed by atoms with Gasteiger partial charge in [-0.25, -0.2) is 0 Å². The Morgan fingerprint density at radius 1 is 1.53 bits per heavy atom. The van der Waals surface area contributed by atoms with Crippen LogP contribution >= 0.6 is 0 Å². The fraction of sp³-hybridized carbons (Fsp3) is 0.714. The van der Waals surface area contributed by atoms with Gasteiger partial charge in [0.05, 0.1) is 11.4 Å². The summed E-state index contributed by atoms with van der Waals surface area (Å²) in [5.74, 6) is 0.0759. The molecule has 0 bridgehead atoms. The molecule has 2 rings (SSSR count). The number of aromatic amines is 1. The van der Waals surface area contributed by atoms with E-state index in [0.717, 1.165) is 18.7 Å². The Morgan fingerprint density at radius 3 is 2.68 bits per heavy atom. The fourth-order valence-electron chi connectivity index (χ4n) is 2.55. The molecule has 5 nitrogen and oxygen atoms in total. The van der Waals surface area contributed by atoms with Crippen LogP contribution in [-0.4, -0.2) is 22.6 Å². The molecule has 106 valence electrons. The van der Waals surface area contributed by atoms with E-state index in [0.29, 0.717) is 16.8 Å². The van der Waals surface area contributed by atoms with Gasteiger partial charge in [0.2, 0.25) is 0 Å². The number of nitrogens with one attached hydrogen (secondary N) is 2. The number of nitrogens with zero attached hydrogens (tertiary/aromatic N) is 1. The quantitative estimate of drug-likeness (QED) is 0.737. The second kappa shape index (κ2) is 5.23. The molecule has 0 atom stereocenters. The summed E-state index contributed by atoms with van der Waals surface area (Å²) in [7, 11) is 0. The molecule has 19 heavy (non-hydrogen) atoms. The number of amides is 1. The highest BCUT2D eigenvalue weighted by Crippen LogP contribution is 2.48. The Balaban J connectivity index is 1.97. The maximum absolute atomic E-state index is 12.1. The van der Waals surface area contributed by atoms with Crippen molar-refractivity contribution in [3.8, 4) is 0 Å². The van der Waals surface area contributed by atoms with Gasteiger partial charge < -0.3 is 11.1 Å². The van der Waals surface area contributed by atoms with Gasteiger partial charge >= 0.3 is 0 Å². The third kappa shape index (κ3) is 2.91. The molecule has 1 fully saturated rings. The van der Waals surface area contributed by atoms with Crippen LogP contribution in [-0.2, 0) is 0 Å². The molecule has 1 heterocycles. The third-order valence-electron chi connectivity index (χ3n) is 3.99. The molecule has 0 spiro atoms. The summed E-state index contributed by atoms with van der Waals surface area (Å²) in [5, 5.41) is 9.88. The van der Waals surface area contributed by atoms with Crippen molar-refractivity contribution in [1.82, 2.24) is 15.5 Å². The predicted octanol–water partition coefficient (Wildman–Crippen LogP) is 2.43. The van der Waals surface area contributed by atoms with Gasteiger partial charge in [-0.05, 0) is 30.6 Å². The van der Waals surface area contributed by atoms with Gasteiger partial charge in [0.1, 0.15) is 0 Å². The predicted molar refractivity (Wildman–Crippen MR) is 76.0 cm³/mol. The number of rotatable bonds is 6. The first-order valence-electron chi connectivity index (χ1n) is 7.11. The van der Waals surface area contributed by atoms with Crippen molar-refractivity contribution in [2.75, 3.05) is 12.3 Å². The Bertz CT molecular complexity index is 460. The minimum absolute atomic E-state index is 0.164. The summed E-state index contributed by atoms with van der Waals surface area (Å²) in [6, 6.07) is 0. The summed E-state index contributed by atoms with van der Waals surface area (Å²) < 4.78 is 0. The van der Waals surface area contributed by atoms with E-state index in [2.05, 4.69) is 22.4 Å². The number of carbonyl (C=O) groups is 1. The minimum Gasteiger partial charge on any atom is -0.395 e. The summed E-state index contributed by atoms with van der Waals surface area (Å²) in [5.41, 5.74) is 7.95. The average Bonchev–Trinajstić information content (AvgIpc) is 3.01. The molecule has 0 radical (unpaired) electrons. The van der Waals surface area contributed by atoms with Crippen LogP contribution in [0.25, 0.3) is 0 Å². The lowest BCUT2D eigenvalue weighted by Crippen LogP contribution is -2.31. The largest absolute Gasteiger partial charge is 0.395 e. The summed E-state index contributed by atoms with van der Waals surface area (Å²) in [6.07, 6.45) is 4.78. The monoisotopic (exact) mass is 264 g/mol. The van der Waals surface area contributed by atoms with Gasteiger partial charge in [0, 0.05) is 6.54 Å². The molecule has 0 saturated heterocycles. The molecule has 4 N–H and O–H groups in total. The fourth-order valence-corrected chi connectivity index (χ4v) is 2.55. The third-order valence-corrected chi connectivity index (χ3v) is 3.99. The molecule has 0 aliphatic heterocycles. The van der Waals surface area contributed by atoms with Crippen LogP contribution in [0.1, 0.15) is 68.6 Å². The zero-order chi connectivity index (χ0) is 14.0. The van der Waals surface area contributed by atoms with Crippen molar-refractivity contribution in [3.05, 3.63) is 11.4 Å². The zero-order valence-corrected chi connectivity index (χ0v) is 12.0. The topological polar surface area (TPSA) is 83.8 Å². The number of nitrogens with two attached hydrogens (primary N) is 1. The van der Waals surface area contributed by atoms with Crippen molar-refractivity contribution in [2.24, 2.45) is 5.41 Å². The first-order chi connectivity index (χ1) is 8.99. The van der Waals surface area contributed by atoms with E-state index in [1.54, 1.807) is 0 Å². The van der Waals surface area contributed by atoms with Crippen molar-refractivity contribution in [3.63, 3.8) is 0 Å². The van der Waals surface area contributed by atoms with E-state index in [-0.39, 0.29) is 11.8 Å². The van der Waals surface area contributed by atoms with Crippen molar-refractivity contribution < 1.29 is 4.79 Å². The molecule has 1 saturated carbocycles. The SMILES string of the molecule is CCCC1(CNC(=O)c2n[nH]c(C(C)C)c2N)CC1. The van der Waals surface area contributed by atoms with Crippen LogP contribution in [0.2, 0.25) is 0 Å². The Hall–Kier alpha value is -1.52. The van der Waals surface area contributed by atoms with Gasteiger partial charge in [-0.2, -0.15) is 5.10 Å². The summed E-state index contributed by atoms with van der Waals surface area (Å²) in [4.78, 5) is 12.1. The highest BCUT2D eigenvalue weighted by atomic mass is 16.1. The number of nitrogen functional groups attached to an aromatic ring is 1. The average molecular weight is 264 g/mol. The number of hydrogen-bond acceptors (Lipinski definition) is 3. The van der Waals surface area contributed by atoms with Crippen molar-refractivity contribution in [2.45, 2.75) is 52.4 Å². The van der Waals surface area contributed by atoms with Crippen LogP contribution in [0, 0.1) is 5.41 Å².